The quantitative estimate of drug-likeness (QED) is 0.561. The Morgan fingerprint density at radius 1 is 1.07 bits per heavy atom. The summed E-state index contributed by atoms with van der Waals surface area (Å²) in [5.74, 6) is 0.424. The first-order chi connectivity index (χ1) is 13.1. The van der Waals surface area contributed by atoms with Gasteiger partial charge >= 0.3 is 0 Å². The standard InChI is InChI=1S/C21H15FN2O3/c1-26-17-4-2-3-14(11-17)20(25)23-16-9-10-19-18(12-16)24-21(27-19)13-5-7-15(22)8-6-13/h2-12H,1H3,(H,23,25). The number of aromatic nitrogens is 1. The fourth-order valence-electron chi connectivity index (χ4n) is 2.69. The smallest absolute Gasteiger partial charge is 0.255 e. The first-order valence-electron chi connectivity index (χ1n) is 8.24. The highest BCUT2D eigenvalue weighted by molar-refractivity contribution is 6.05. The molecule has 3 aromatic carbocycles. The van der Waals surface area contributed by atoms with Gasteiger partial charge in [-0.15, -0.1) is 0 Å². The molecule has 0 spiro atoms. The molecule has 0 saturated carbocycles. The second-order valence-corrected chi connectivity index (χ2v) is 5.89. The van der Waals surface area contributed by atoms with Crippen LogP contribution in [-0.2, 0) is 0 Å². The highest BCUT2D eigenvalue weighted by Gasteiger charge is 2.11. The summed E-state index contributed by atoms with van der Waals surface area (Å²) in [7, 11) is 1.55. The Labute approximate surface area is 154 Å². The number of rotatable bonds is 4. The number of halogens is 1. The van der Waals surface area contributed by atoms with Gasteiger partial charge in [-0.3, -0.25) is 4.79 Å². The maximum atomic E-state index is 13.1. The zero-order valence-corrected chi connectivity index (χ0v) is 14.4. The van der Waals surface area contributed by atoms with Crippen LogP contribution in [0.15, 0.2) is 71.1 Å². The predicted octanol–water partition coefficient (Wildman–Crippen LogP) is 4.89. The molecule has 0 saturated heterocycles. The normalized spacial score (nSPS) is 10.7. The van der Waals surface area contributed by atoms with E-state index in [1.54, 1.807) is 61.7 Å². The molecular formula is C21H15FN2O3. The molecule has 0 atom stereocenters. The number of benzene rings is 3. The fraction of sp³-hybridized carbons (Fsp3) is 0.0476. The number of methoxy groups -OCH3 is 1. The van der Waals surface area contributed by atoms with Gasteiger partial charge in [0.25, 0.3) is 5.91 Å². The summed E-state index contributed by atoms with van der Waals surface area (Å²) in [5.41, 5.74) is 2.93. The van der Waals surface area contributed by atoms with E-state index in [0.717, 1.165) is 0 Å². The zero-order chi connectivity index (χ0) is 18.8. The number of nitrogens with one attached hydrogen (secondary N) is 1. The summed E-state index contributed by atoms with van der Waals surface area (Å²) in [4.78, 5) is 16.9. The van der Waals surface area contributed by atoms with E-state index in [-0.39, 0.29) is 11.7 Å². The average Bonchev–Trinajstić information content (AvgIpc) is 3.12. The summed E-state index contributed by atoms with van der Waals surface area (Å²) < 4.78 is 23.9. The lowest BCUT2D eigenvalue weighted by Gasteiger charge is -2.06. The van der Waals surface area contributed by atoms with Crippen LogP contribution in [0.5, 0.6) is 5.75 Å². The number of amides is 1. The third kappa shape index (κ3) is 3.50. The third-order valence-corrected chi connectivity index (χ3v) is 4.07. The van der Waals surface area contributed by atoms with Crippen molar-refractivity contribution < 1.29 is 18.3 Å². The second kappa shape index (κ2) is 6.92. The highest BCUT2D eigenvalue weighted by atomic mass is 19.1. The van der Waals surface area contributed by atoms with Gasteiger partial charge in [-0.25, -0.2) is 9.37 Å². The van der Waals surface area contributed by atoms with Crippen molar-refractivity contribution in [1.29, 1.82) is 0 Å². The third-order valence-electron chi connectivity index (χ3n) is 4.07. The molecule has 1 aromatic heterocycles. The highest BCUT2D eigenvalue weighted by Crippen LogP contribution is 2.26. The minimum Gasteiger partial charge on any atom is -0.497 e. The maximum absolute atomic E-state index is 13.1. The van der Waals surface area contributed by atoms with E-state index < -0.39 is 0 Å². The molecule has 0 aliphatic rings. The van der Waals surface area contributed by atoms with Crippen LogP contribution < -0.4 is 10.1 Å². The summed E-state index contributed by atoms with van der Waals surface area (Å²) >= 11 is 0. The second-order valence-electron chi connectivity index (χ2n) is 5.89. The average molecular weight is 362 g/mol. The lowest BCUT2D eigenvalue weighted by molar-refractivity contribution is 0.102. The maximum Gasteiger partial charge on any atom is 0.255 e. The number of carbonyl (C=O) groups excluding carboxylic acids is 1. The number of fused-ring (bicyclic) bond motifs is 1. The van der Waals surface area contributed by atoms with Crippen LogP contribution in [0.25, 0.3) is 22.6 Å². The SMILES string of the molecule is COc1cccc(C(=O)Nc2ccc3oc(-c4ccc(F)cc4)nc3c2)c1. The van der Waals surface area contributed by atoms with Gasteiger partial charge in [0.05, 0.1) is 7.11 Å². The molecule has 4 aromatic rings. The Bertz CT molecular complexity index is 1120. The first-order valence-corrected chi connectivity index (χ1v) is 8.24. The van der Waals surface area contributed by atoms with E-state index in [1.165, 1.54) is 12.1 Å². The molecule has 0 unspecified atom stereocenters. The molecular weight excluding hydrogens is 347 g/mol. The van der Waals surface area contributed by atoms with Crippen LogP contribution in [0.3, 0.4) is 0 Å². The molecule has 6 heteroatoms. The lowest BCUT2D eigenvalue weighted by Crippen LogP contribution is -2.11. The van der Waals surface area contributed by atoms with Crippen LogP contribution in [0.1, 0.15) is 10.4 Å². The van der Waals surface area contributed by atoms with Crippen molar-refractivity contribution in [3.05, 3.63) is 78.1 Å². The first kappa shape index (κ1) is 16.8. The van der Waals surface area contributed by atoms with Crippen molar-refractivity contribution in [2.45, 2.75) is 0 Å². The molecule has 1 amide bonds. The molecule has 0 aliphatic heterocycles. The van der Waals surface area contributed by atoms with E-state index in [0.29, 0.717) is 39.6 Å². The van der Waals surface area contributed by atoms with Gasteiger partial charge in [0.2, 0.25) is 5.89 Å². The van der Waals surface area contributed by atoms with Gasteiger partial charge in [-0.2, -0.15) is 0 Å². The van der Waals surface area contributed by atoms with Crippen LogP contribution >= 0.6 is 0 Å². The Morgan fingerprint density at radius 3 is 2.67 bits per heavy atom. The van der Waals surface area contributed by atoms with Crippen LogP contribution in [-0.4, -0.2) is 18.0 Å². The van der Waals surface area contributed by atoms with E-state index in [1.807, 2.05) is 0 Å². The monoisotopic (exact) mass is 362 g/mol. The van der Waals surface area contributed by atoms with Gasteiger partial charge in [-0.1, -0.05) is 6.07 Å². The minimum atomic E-state index is -0.322. The molecule has 1 heterocycles. The molecule has 27 heavy (non-hydrogen) atoms. The summed E-state index contributed by atoms with van der Waals surface area (Å²) in [6.45, 7) is 0. The summed E-state index contributed by atoms with van der Waals surface area (Å²) in [6, 6.07) is 18.0. The van der Waals surface area contributed by atoms with Crippen molar-refractivity contribution in [1.82, 2.24) is 4.98 Å². The minimum absolute atomic E-state index is 0.254. The zero-order valence-electron chi connectivity index (χ0n) is 14.4. The molecule has 0 aliphatic carbocycles. The molecule has 0 radical (unpaired) electrons. The van der Waals surface area contributed by atoms with Gasteiger partial charge in [0.1, 0.15) is 17.1 Å². The van der Waals surface area contributed by atoms with E-state index >= 15 is 0 Å². The van der Waals surface area contributed by atoms with Crippen molar-refractivity contribution in [2.75, 3.05) is 12.4 Å². The molecule has 5 nitrogen and oxygen atoms in total. The largest absolute Gasteiger partial charge is 0.497 e. The molecule has 4 rings (SSSR count). The topological polar surface area (TPSA) is 64.4 Å². The Balaban J connectivity index is 1.59. The van der Waals surface area contributed by atoms with Crippen LogP contribution in [0.2, 0.25) is 0 Å². The summed E-state index contributed by atoms with van der Waals surface area (Å²) in [6.07, 6.45) is 0. The molecule has 0 fully saturated rings. The molecule has 0 bridgehead atoms. The van der Waals surface area contributed by atoms with Gasteiger partial charge in [0, 0.05) is 16.8 Å². The Hall–Kier alpha value is -3.67. The molecule has 134 valence electrons. The van der Waals surface area contributed by atoms with Crippen LogP contribution in [0.4, 0.5) is 10.1 Å². The van der Waals surface area contributed by atoms with Gasteiger partial charge in [-0.05, 0) is 60.7 Å². The van der Waals surface area contributed by atoms with E-state index in [9.17, 15) is 9.18 Å². The van der Waals surface area contributed by atoms with Crippen LogP contribution in [0, 0.1) is 5.82 Å². The number of carbonyl (C=O) groups is 1. The van der Waals surface area contributed by atoms with Gasteiger partial charge < -0.3 is 14.5 Å². The van der Waals surface area contributed by atoms with Gasteiger partial charge in [0.15, 0.2) is 5.58 Å². The van der Waals surface area contributed by atoms with Crippen molar-refractivity contribution in [3.8, 4) is 17.2 Å². The Morgan fingerprint density at radius 2 is 1.89 bits per heavy atom. The number of hydrogen-bond acceptors (Lipinski definition) is 4. The van der Waals surface area contributed by atoms with Crippen molar-refractivity contribution in [2.24, 2.45) is 0 Å². The van der Waals surface area contributed by atoms with E-state index in [4.69, 9.17) is 9.15 Å². The molecule has 1 N–H and O–H groups in total. The van der Waals surface area contributed by atoms with Crippen molar-refractivity contribution >= 4 is 22.7 Å². The number of hydrogen-bond donors (Lipinski definition) is 1. The van der Waals surface area contributed by atoms with Crippen molar-refractivity contribution in [3.63, 3.8) is 0 Å². The lowest BCUT2D eigenvalue weighted by atomic mass is 10.2. The summed E-state index contributed by atoms with van der Waals surface area (Å²) in [5, 5.41) is 2.83. The van der Waals surface area contributed by atoms with E-state index in [2.05, 4.69) is 10.3 Å². The Kier molecular flexibility index (Phi) is 4.30. The number of oxazole rings is 1. The number of ether oxygens (including phenoxy) is 1. The fourth-order valence-corrected chi connectivity index (χ4v) is 2.69. The number of anilines is 1. The number of nitrogens with zero attached hydrogens (tertiary/aromatic N) is 1. The predicted molar refractivity (Wildman–Crippen MR) is 100 cm³/mol.